The van der Waals surface area contributed by atoms with Crippen molar-refractivity contribution in [2.75, 3.05) is 39.7 Å². The van der Waals surface area contributed by atoms with E-state index in [0.717, 1.165) is 44.1 Å². The molecule has 2 atom stereocenters. The Kier molecular flexibility index (Phi) is 8.29. The molecule has 0 aromatic heterocycles. The van der Waals surface area contributed by atoms with Gasteiger partial charge < -0.3 is 14.8 Å². The highest BCUT2D eigenvalue weighted by atomic mass is 32.2. The van der Waals surface area contributed by atoms with Crippen LogP contribution >= 0.6 is 11.8 Å². The minimum absolute atomic E-state index is 0.722. The quantitative estimate of drug-likeness (QED) is 0.631. The Balaban J connectivity index is 1.84. The summed E-state index contributed by atoms with van der Waals surface area (Å²) in [6.07, 6.45) is 7.23. The first-order valence-electron chi connectivity index (χ1n) is 6.19. The second-order valence-electron chi connectivity index (χ2n) is 4.28. The van der Waals surface area contributed by atoms with Gasteiger partial charge in [0.1, 0.15) is 0 Å². The molecule has 0 aromatic rings. The molecule has 2 unspecified atom stereocenters. The maximum absolute atomic E-state index is 5.50. The fourth-order valence-electron chi connectivity index (χ4n) is 2.08. The number of nitrogens with one attached hydrogen (secondary N) is 1. The minimum Gasteiger partial charge on any atom is -0.385 e. The molecule has 1 rings (SSSR count). The van der Waals surface area contributed by atoms with Crippen LogP contribution in [0.5, 0.6) is 0 Å². The van der Waals surface area contributed by atoms with Crippen LogP contribution in [0.3, 0.4) is 0 Å². The van der Waals surface area contributed by atoms with Gasteiger partial charge in [0, 0.05) is 38.2 Å². The molecule has 96 valence electrons. The average molecular weight is 247 g/mol. The molecular formula is C12H25NO2S. The van der Waals surface area contributed by atoms with Gasteiger partial charge in [-0.25, -0.2) is 0 Å². The van der Waals surface area contributed by atoms with Crippen LogP contribution in [0.4, 0.5) is 0 Å². The number of rotatable bonds is 9. The van der Waals surface area contributed by atoms with Crippen LogP contribution in [0.15, 0.2) is 0 Å². The third-order valence-corrected chi connectivity index (χ3v) is 4.13. The van der Waals surface area contributed by atoms with Crippen LogP contribution < -0.4 is 5.32 Å². The first-order valence-corrected chi connectivity index (χ1v) is 7.48. The molecule has 1 N–H and O–H groups in total. The Morgan fingerprint density at radius 1 is 1.25 bits per heavy atom. The highest BCUT2D eigenvalue weighted by molar-refractivity contribution is 7.99. The molecule has 3 nitrogen and oxygen atoms in total. The van der Waals surface area contributed by atoms with Crippen molar-refractivity contribution in [3.63, 3.8) is 0 Å². The Hall–Kier alpha value is 0.230. The molecule has 1 aliphatic rings. The molecular weight excluding hydrogens is 222 g/mol. The summed E-state index contributed by atoms with van der Waals surface area (Å²) in [7, 11) is 1.73. The normalized spacial score (nSPS) is 25.1. The minimum atomic E-state index is 0.722. The van der Waals surface area contributed by atoms with Gasteiger partial charge in [-0.2, -0.15) is 11.8 Å². The Morgan fingerprint density at radius 3 is 2.81 bits per heavy atom. The lowest BCUT2D eigenvalue weighted by Gasteiger charge is -2.12. The average Bonchev–Trinajstić information content (AvgIpc) is 2.76. The van der Waals surface area contributed by atoms with Crippen molar-refractivity contribution in [1.82, 2.24) is 5.32 Å². The zero-order valence-electron chi connectivity index (χ0n) is 10.5. The standard InChI is InChI=1S/C12H25NO2S/c1-14-7-3-8-15-9-6-13-11-4-5-12(10-11)16-2/h11-13H,3-10H2,1-2H3. The lowest BCUT2D eigenvalue weighted by Crippen LogP contribution is -2.30. The molecule has 0 aliphatic heterocycles. The molecule has 1 fully saturated rings. The number of thioether (sulfide) groups is 1. The van der Waals surface area contributed by atoms with E-state index in [9.17, 15) is 0 Å². The van der Waals surface area contributed by atoms with Crippen molar-refractivity contribution in [2.24, 2.45) is 0 Å². The lowest BCUT2D eigenvalue weighted by atomic mass is 10.2. The molecule has 0 aromatic carbocycles. The zero-order chi connectivity index (χ0) is 11.6. The summed E-state index contributed by atoms with van der Waals surface area (Å²) >= 11 is 2.00. The van der Waals surface area contributed by atoms with Crippen LogP contribution in [0.25, 0.3) is 0 Å². The van der Waals surface area contributed by atoms with Crippen LogP contribution in [-0.2, 0) is 9.47 Å². The largest absolute Gasteiger partial charge is 0.385 e. The molecule has 0 bridgehead atoms. The fraction of sp³-hybridized carbons (Fsp3) is 1.00. The molecule has 0 amide bonds. The van der Waals surface area contributed by atoms with E-state index in [-0.39, 0.29) is 0 Å². The van der Waals surface area contributed by atoms with Crippen LogP contribution in [-0.4, -0.2) is 51.0 Å². The first kappa shape index (κ1) is 14.3. The topological polar surface area (TPSA) is 30.5 Å². The summed E-state index contributed by atoms with van der Waals surface area (Å²) in [6, 6.07) is 0.722. The summed E-state index contributed by atoms with van der Waals surface area (Å²) in [5.41, 5.74) is 0. The van der Waals surface area contributed by atoms with E-state index < -0.39 is 0 Å². The Morgan fingerprint density at radius 2 is 2.12 bits per heavy atom. The molecule has 0 spiro atoms. The van der Waals surface area contributed by atoms with Gasteiger partial charge >= 0.3 is 0 Å². The smallest absolute Gasteiger partial charge is 0.0591 e. The van der Waals surface area contributed by atoms with Crippen molar-refractivity contribution in [3.05, 3.63) is 0 Å². The van der Waals surface area contributed by atoms with E-state index in [1.54, 1.807) is 7.11 Å². The zero-order valence-corrected chi connectivity index (χ0v) is 11.4. The Bertz CT molecular complexity index is 169. The summed E-state index contributed by atoms with van der Waals surface area (Å²) in [5, 5.41) is 4.44. The first-order chi connectivity index (χ1) is 7.86. The van der Waals surface area contributed by atoms with E-state index in [0.29, 0.717) is 0 Å². The maximum atomic E-state index is 5.50. The van der Waals surface area contributed by atoms with Gasteiger partial charge in [-0.3, -0.25) is 0 Å². The summed E-state index contributed by atoms with van der Waals surface area (Å²) in [4.78, 5) is 0. The van der Waals surface area contributed by atoms with Gasteiger partial charge in [0.2, 0.25) is 0 Å². The van der Waals surface area contributed by atoms with Gasteiger partial charge in [0.05, 0.1) is 6.61 Å². The molecule has 0 saturated heterocycles. The molecule has 1 aliphatic carbocycles. The van der Waals surface area contributed by atoms with Gasteiger partial charge in [-0.15, -0.1) is 0 Å². The number of hydrogen-bond donors (Lipinski definition) is 1. The van der Waals surface area contributed by atoms with E-state index in [1.165, 1.54) is 19.3 Å². The second-order valence-corrected chi connectivity index (χ2v) is 5.42. The number of ether oxygens (including phenoxy) is 2. The highest BCUT2D eigenvalue weighted by Gasteiger charge is 2.22. The summed E-state index contributed by atoms with van der Waals surface area (Å²) in [6.45, 7) is 3.42. The third kappa shape index (κ3) is 6.09. The monoisotopic (exact) mass is 247 g/mol. The van der Waals surface area contributed by atoms with Gasteiger partial charge in [-0.05, 0) is 31.9 Å². The summed E-state index contributed by atoms with van der Waals surface area (Å²) in [5.74, 6) is 0. The van der Waals surface area contributed by atoms with E-state index in [4.69, 9.17) is 9.47 Å². The Labute approximate surface area is 104 Å². The predicted octanol–water partition coefficient (Wildman–Crippen LogP) is 1.91. The van der Waals surface area contributed by atoms with Crippen molar-refractivity contribution in [2.45, 2.75) is 37.0 Å². The second kappa shape index (κ2) is 9.28. The predicted molar refractivity (Wildman–Crippen MR) is 70.3 cm³/mol. The molecule has 1 saturated carbocycles. The van der Waals surface area contributed by atoms with E-state index in [2.05, 4.69) is 11.6 Å². The van der Waals surface area contributed by atoms with Gasteiger partial charge in [0.25, 0.3) is 0 Å². The van der Waals surface area contributed by atoms with Gasteiger partial charge in [0.15, 0.2) is 0 Å². The van der Waals surface area contributed by atoms with E-state index >= 15 is 0 Å². The highest BCUT2D eigenvalue weighted by Crippen LogP contribution is 2.27. The molecule has 4 heteroatoms. The van der Waals surface area contributed by atoms with Crippen molar-refractivity contribution in [3.8, 4) is 0 Å². The van der Waals surface area contributed by atoms with Crippen LogP contribution in [0, 0.1) is 0 Å². The number of hydrogen-bond acceptors (Lipinski definition) is 4. The summed E-state index contributed by atoms with van der Waals surface area (Å²) < 4.78 is 10.5. The lowest BCUT2D eigenvalue weighted by molar-refractivity contribution is 0.103. The molecule has 16 heavy (non-hydrogen) atoms. The fourth-order valence-corrected chi connectivity index (χ4v) is 2.88. The maximum Gasteiger partial charge on any atom is 0.0591 e. The van der Waals surface area contributed by atoms with E-state index in [1.807, 2.05) is 11.8 Å². The van der Waals surface area contributed by atoms with Crippen molar-refractivity contribution < 1.29 is 9.47 Å². The van der Waals surface area contributed by atoms with Crippen molar-refractivity contribution >= 4 is 11.8 Å². The van der Waals surface area contributed by atoms with Gasteiger partial charge in [-0.1, -0.05) is 0 Å². The molecule has 0 heterocycles. The van der Waals surface area contributed by atoms with Crippen LogP contribution in [0.1, 0.15) is 25.7 Å². The molecule has 0 radical (unpaired) electrons. The van der Waals surface area contributed by atoms with Crippen LogP contribution in [0.2, 0.25) is 0 Å². The number of methoxy groups -OCH3 is 1. The SMILES string of the molecule is COCCCOCCNC1CCC(SC)C1. The van der Waals surface area contributed by atoms with Crippen molar-refractivity contribution in [1.29, 1.82) is 0 Å². The third-order valence-electron chi connectivity index (χ3n) is 3.03.